The van der Waals surface area contributed by atoms with Crippen molar-refractivity contribution in [2.24, 2.45) is 0 Å². The fourth-order valence-electron chi connectivity index (χ4n) is 8.14. The normalized spacial score (nSPS) is 11.6. The Morgan fingerprint density at radius 3 is 1.42 bits per heavy atom. The highest BCUT2D eigenvalue weighted by molar-refractivity contribution is 7.27. The van der Waals surface area contributed by atoms with Gasteiger partial charge in [0.2, 0.25) is 0 Å². The molecular formula is C51H31N3S. The van der Waals surface area contributed by atoms with E-state index in [2.05, 4.69) is 164 Å². The average Bonchev–Trinajstić information content (AvgIpc) is 3.66. The van der Waals surface area contributed by atoms with E-state index in [1.54, 1.807) is 0 Å². The molecule has 9 aromatic carbocycles. The van der Waals surface area contributed by atoms with Crippen LogP contribution in [0.1, 0.15) is 0 Å². The Balaban J connectivity index is 1.15. The molecule has 2 aromatic heterocycles. The number of fused-ring (bicyclic) bond motifs is 10. The molecule has 0 fully saturated rings. The quantitative estimate of drug-likeness (QED) is 0.166. The molecule has 0 aliphatic heterocycles. The van der Waals surface area contributed by atoms with Crippen LogP contribution in [0.25, 0.3) is 109 Å². The van der Waals surface area contributed by atoms with Crippen molar-refractivity contribution in [2.75, 3.05) is 0 Å². The molecule has 0 unspecified atom stereocenters. The van der Waals surface area contributed by atoms with E-state index in [9.17, 15) is 0 Å². The zero-order valence-electron chi connectivity index (χ0n) is 29.6. The summed E-state index contributed by atoms with van der Waals surface area (Å²) in [6.45, 7) is 0. The van der Waals surface area contributed by atoms with E-state index < -0.39 is 0 Å². The van der Waals surface area contributed by atoms with Crippen LogP contribution in [0.5, 0.6) is 0 Å². The van der Waals surface area contributed by atoms with Crippen LogP contribution in [0.2, 0.25) is 0 Å². The van der Waals surface area contributed by atoms with Crippen molar-refractivity contribution in [1.82, 2.24) is 15.0 Å². The number of rotatable bonds is 5. The van der Waals surface area contributed by atoms with Crippen LogP contribution in [-0.2, 0) is 0 Å². The minimum Gasteiger partial charge on any atom is -0.208 e. The summed E-state index contributed by atoms with van der Waals surface area (Å²) in [5, 5.41) is 10.2. The number of aromatic nitrogens is 3. The summed E-state index contributed by atoms with van der Waals surface area (Å²) in [7, 11) is 0. The van der Waals surface area contributed by atoms with Crippen molar-refractivity contribution in [2.45, 2.75) is 0 Å². The second-order valence-corrected chi connectivity index (χ2v) is 15.0. The maximum Gasteiger partial charge on any atom is 0.164 e. The van der Waals surface area contributed by atoms with Gasteiger partial charge in [-0.05, 0) is 73.5 Å². The third kappa shape index (κ3) is 5.30. The zero-order valence-corrected chi connectivity index (χ0v) is 30.5. The maximum atomic E-state index is 5.18. The van der Waals surface area contributed by atoms with Gasteiger partial charge < -0.3 is 0 Å². The third-order valence-corrected chi connectivity index (χ3v) is 11.9. The Labute approximate surface area is 321 Å². The molecule has 0 bridgehead atoms. The summed E-state index contributed by atoms with van der Waals surface area (Å²) in [5.41, 5.74) is 7.43. The first-order valence-corrected chi connectivity index (χ1v) is 19.3. The van der Waals surface area contributed by atoms with Crippen LogP contribution in [0, 0.1) is 0 Å². The molecule has 0 saturated carbocycles. The van der Waals surface area contributed by atoms with Crippen LogP contribution >= 0.6 is 11.3 Å². The van der Waals surface area contributed by atoms with Crippen molar-refractivity contribution >= 4 is 63.8 Å². The Morgan fingerprint density at radius 1 is 0.291 bits per heavy atom. The van der Waals surface area contributed by atoms with Gasteiger partial charge in [0.25, 0.3) is 0 Å². The Morgan fingerprint density at radius 2 is 0.745 bits per heavy atom. The highest BCUT2D eigenvalue weighted by Crippen LogP contribution is 2.48. The minimum atomic E-state index is 0.638. The summed E-state index contributed by atoms with van der Waals surface area (Å²) in [6, 6.07) is 66.7. The molecule has 0 aliphatic carbocycles. The summed E-state index contributed by atoms with van der Waals surface area (Å²) < 4.78 is 2.60. The molecule has 0 N–H and O–H groups in total. The maximum absolute atomic E-state index is 5.18. The van der Waals surface area contributed by atoms with Gasteiger partial charge in [-0.25, -0.2) is 15.0 Å². The third-order valence-electron chi connectivity index (χ3n) is 10.7. The molecule has 11 rings (SSSR count). The van der Waals surface area contributed by atoms with E-state index in [0.29, 0.717) is 17.5 Å². The summed E-state index contributed by atoms with van der Waals surface area (Å²) in [4.78, 5) is 15.3. The predicted octanol–water partition coefficient (Wildman–Crippen LogP) is 14.0. The van der Waals surface area contributed by atoms with Crippen molar-refractivity contribution in [3.05, 3.63) is 188 Å². The smallest absolute Gasteiger partial charge is 0.164 e. The fourth-order valence-corrected chi connectivity index (χ4v) is 9.43. The molecule has 0 spiro atoms. The summed E-state index contributed by atoms with van der Waals surface area (Å²) in [6.07, 6.45) is 0. The number of hydrogen-bond donors (Lipinski definition) is 0. The molecule has 0 atom stereocenters. The van der Waals surface area contributed by atoms with Crippen molar-refractivity contribution < 1.29 is 0 Å². The molecule has 55 heavy (non-hydrogen) atoms. The second kappa shape index (κ2) is 12.8. The van der Waals surface area contributed by atoms with Crippen molar-refractivity contribution in [3.8, 4) is 56.4 Å². The van der Waals surface area contributed by atoms with Gasteiger partial charge in [-0.3, -0.25) is 0 Å². The summed E-state index contributed by atoms with van der Waals surface area (Å²) >= 11 is 1.89. The van der Waals surface area contributed by atoms with E-state index in [1.807, 2.05) is 35.6 Å². The predicted molar refractivity (Wildman–Crippen MR) is 232 cm³/mol. The number of hydrogen-bond acceptors (Lipinski definition) is 4. The van der Waals surface area contributed by atoms with E-state index >= 15 is 0 Å². The topological polar surface area (TPSA) is 38.7 Å². The van der Waals surface area contributed by atoms with Gasteiger partial charge in [0.05, 0.1) is 0 Å². The van der Waals surface area contributed by atoms with Gasteiger partial charge in [0.1, 0.15) is 0 Å². The molecule has 0 saturated heterocycles. The van der Waals surface area contributed by atoms with Gasteiger partial charge in [0, 0.05) is 42.2 Å². The van der Waals surface area contributed by atoms with Crippen LogP contribution in [-0.4, -0.2) is 15.0 Å². The monoisotopic (exact) mass is 717 g/mol. The van der Waals surface area contributed by atoms with Crippen LogP contribution < -0.4 is 0 Å². The molecule has 0 radical (unpaired) electrons. The van der Waals surface area contributed by atoms with Crippen molar-refractivity contribution in [1.29, 1.82) is 0 Å². The lowest BCUT2D eigenvalue weighted by Crippen LogP contribution is -2.00. The molecule has 2 heterocycles. The van der Waals surface area contributed by atoms with E-state index in [-0.39, 0.29) is 0 Å². The highest BCUT2D eigenvalue weighted by Gasteiger charge is 2.20. The van der Waals surface area contributed by atoms with Gasteiger partial charge >= 0.3 is 0 Å². The molecule has 4 heteroatoms. The standard InChI is InChI=1S/C51H31N3S/c1-3-15-32(16-4-1)34-19-13-21-36(29-34)50-52-49(33-17-5-2-6-18-33)53-51(54-50)37-22-14-20-35(30-37)43-31-44-40-25-8-7-23-38(40)39-24-9-10-26-41(39)46(44)48-47(43)42-27-11-12-28-45(42)55-48/h1-31H. The van der Waals surface area contributed by atoms with Gasteiger partial charge in [-0.15, -0.1) is 11.3 Å². The average molecular weight is 718 g/mol. The molecule has 3 nitrogen and oxygen atoms in total. The molecular weight excluding hydrogens is 687 g/mol. The number of benzene rings is 9. The Kier molecular flexibility index (Phi) is 7.35. The van der Waals surface area contributed by atoms with Crippen LogP contribution in [0.4, 0.5) is 0 Å². The first-order chi connectivity index (χ1) is 27.3. The zero-order chi connectivity index (χ0) is 36.3. The largest absolute Gasteiger partial charge is 0.208 e. The lowest BCUT2D eigenvalue weighted by atomic mass is 9.89. The first kappa shape index (κ1) is 31.5. The number of nitrogens with zero attached hydrogens (tertiary/aromatic N) is 3. The van der Waals surface area contributed by atoms with Crippen LogP contribution in [0.3, 0.4) is 0 Å². The minimum absolute atomic E-state index is 0.638. The first-order valence-electron chi connectivity index (χ1n) is 18.5. The SMILES string of the molecule is c1ccc(-c2cccc(-c3nc(-c4ccccc4)nc(-c4cccc(-c5cc6c7ccccc7c7ccccc7c6c6sc7ccccc7c56)c4)n3)c2)cc1. The molecule has 0 aliphatic rings. The lowest BCUT2D eigenvalue weighted by Gasteiger charge is -2.15. The summed E-state index contributed by atoms with van der Waals surface area (Å²) in [5.74, 6) is 1.92. The fraction of sp³-hybridized carbons (Fsp3) is 0. The number of thiophene rings is 1. The Hall–Kier alpha value is -7.01. The molecule has 11 aromatic rings. The second-order valence-electron chi connectivity index (χ2n) is 13.9. The van der Waals surface area contributed by atoms with Gasteiger partial charge in [-0.1, -0.05) is 164 Å². The highest BCUT2D eigenvalue weighted by atomic mass is 32.1. The molecule has 256 valence electrons. The van der Waals surface area contributed by atoms with Gasteiger partial charge in [-0.2, -0.15) is 0 Å². The van der Waals surface area contributed by atoms with Gasteiger partial charge in [0.15, 0.2) is 17.5 Å². The lowest BCUT2D eigenvalue weighted by molar-refractivity contribution is 1.07. The van der Waals surface area contributed by atoms with E-state index in [1.165, 1.54) is 58.1 Å². The van der Waals surface area contributed by atoms with Crippen molar-refractivity contribution in [3.63, 3.8) is 0 Å². The van der Waals surface area contributed by atoms with Crippen LogP contribution in [0.15, 0.2) is 188 Å². The van der Waals surface area contributed by atoms with E-state index in [0.717, 1.165) is 33.4 Å². The Bertz CT molecular complexity index is 3260. The molecule has 0 amide bonds. The van der Waals surface area contributed by atoms with E-state index in [4.69, 9.17) is 15.0 Å².